The maximum atomic E-state index is 2.44. The van der Waals surface area contributed by atoms with Crippen LogP contribution in [0.2, 0.25) is 0 Å². The van der Waals surface area contributed by atoms with E-state index in [0.717, 1.165) is 23.7 Å². The van der Waals surface area contributed by atoms with Crippen molar-refractivity contribution in [1.29, 1.82) is 0 Å². The van der Waals surface area contributed by atoms with Crippen molar-refractivity contribution in [2.24, 2.45) is 23.7 Å². The van der Waals surface area contributed by atoms with E-state index in [1.807, 2.05) is 0 Å². The Labute approximate surface area is 76.7 Å². The molecule has 2 rings (SSSR count). The zero-order valence-corrected chi connectivity index (χ0v) is 8.55. The monoisotopic (exact) mass is 166 g/mol. The fourth-order valence-electron chi connectivity index (χ4n) is 3.36. The number of hydrogen-bond donors (Lipinski definition) is 0. The fourth-order valence-corrected chi connectivity index (χ4v) is 3.36. The van der Waals surface area contributed by atoms with Crippen LogP contribution in [-0.2, 0) is 0 Å². The van der Waals surface area contributed by atoms with Crippen LogP contribution in [0.25, 0.3) is 0 Å². The van der Waals surface area contributed by atoms with Crippen LogP contribution in [0, 0.1) is 23.7 Å². The zero-order chi connectivity index (χ0) is 8.55. The lowest BCUT2D eigenvalue weighted by Crippen LogP contribution is -2.29. The molecule has 0 heterocycles. The molecule has 0 aliphatic heterocycles. The second-order valence-electron chi connectivity index (χ2n) is 5.36. The number of hydrogen-bond acceptors (Lipinski definition) is 0. The van der Waals surface area contributed by atoms with E-state index >= 15 is 0 Å². The molecule has 0 nitrogen and oxygen atoms in total. The lowest BCUT2D eigenvalue weighted by atomic mass is 9.65. The van der Waals surface area contributed by atoms with Crippen molar-refractivity contribution in [3.05, 3.63) is 0 Å². The van der Waals surface area contributed by atoms with Crippen molar-refractivity contribution in [3.63, 3.8) is 0 Å². The van der Waals surface area contributed by atoms with E-state index in [4.69, 9.17) is 0 Å². The fraction of sp³-hybridized carbons (Fsp3) is 1.00. The van der Waals surface area contributed by atoms with Crippen molar-refractivity contribution in [1.82, 2.24) is 0 Å². The molecule has 0 aromatic rings. The van der Waals surface area contributed by atoms with Crippen molar-refractivity contribution in [2.75, 3.05) is 0 Å². The first-order valence-electron chi connectivity index (χ1n) is 5.75. The summed E-state index contributed by atoms with van der Waals surface area (Å²) in [7, 11) is 0. The second kappa shape index (κ2) is 3.40. The zero-order valence-electron chi connectivity index (χ0n) is 8.55. The summed E-state index contributed by atoms with van der Waals surface area (Å²) in [5.41, 5.74) is 0. The molecule has 0 aromatic heterocycles. The molecule has 70 valence electrons. The number of rotatable bonds is 0. The molecule has 4 atom stereocenters. The Hall–Kier alpha value is 0. The Balaban J connectivity index is 1.94. The molecule has 0 heteroatoms. The Morgan fingerprint density at radius 3 is 1.50 bits per heavy atom. The van der Waals surface area contributed by atoms with E-state index in [1.54, 1.807) is 0 Å². The van der Waals surface area contributed by atoms with Gasteiger partial charge in [0.1, 0.15) is 0 Å². The summed E-state index contributed by atoms with van der Waals surface area (Å²) < 4.78 is 0. The highest BCUT2D eigenvalue weighted by atomic mass is 14.4. The maximum absolute atomic E-state index is 2.44. The van der Waals surface area contributed by atoms with Gasteiger partial charge in [-0.25, -0.2) is 0 Å². The van der Waals surface area contributed by atoms with Gasteiger partial charge in [-0.3, -0.25) is 0 Å². The van der Waals surface area contributed by atoms with E-state index in [2.05, 4.69) is 13.8 Å². The second-order valence-corrected chi connectivity index (χ2v) is 5.36. The van der Waals surface area contributed by atoms with Crippen LogP contribution >= 0.6 is 0 Å². The van der Waals surface area contributed by atoms with Gasteiger partial charge in [0, 0.05) is 0 Å². The van der Waals surface area contributed by atoms with E-state index < -0.39 is 0 Å². The normalized spacial score (nSPS) is 48.5. The SMILES string of the molecule is CC1CC[C@H]2CC(C)CCC2C1. The van der Waals surface area contributed by atoms with E-state index in [-0.39, 0.29) is 0 Å². The van der Waals surface area contributed by atoms with Crippen molar-refractivity contribution in [2.45, 2.75) is 52.4 Å². The summed E-state index contributed by atoms with van der Waals surface area (Å²) in [6, 6.07) is 0. The summed E-state index contributed by atoms with van der Waals surface area (Å²) in [6.45, 7) is 4.88. The first-order chi connectivity index (χ1) is 5.75. The lowest BCUT2D eigenvalue weighted by Gasteiger charge is -2.40. The molecule has 0 bridgehead atoms. The van der Waals surface area contributed by atoms with Gasteiger partial charge in [-0.2, -0.15) is 0 Å². The molecule has 0 aromatic carbocycles. The Morgan fingerprint density at radius 2 is 1.08 bits per heavy atom. The molecule has 2 fully saturated rings. The van der Waals surface area contributed by atoms with Gasteiger partial charge in [0.2, 0.25) is 0 Å². The molecule has 0 radical (unpaired) electrons. The van der Waals surface area contributed by atoms with Crippen molar-refractivity contribution in [3.8, 4) is 0 Å². The lowest BCUT2D eigenvalue weighted by molar-refractivity contribution is 0.109. The molecular formula is C12H22. The quantitative estimate of drug-likeness (QED) is 0.512. The van der Waals surface area contributed by atoms with Gasteiger partial charge in [0.25, 0.3) is 0 Å². The van der Waals surface area contributed by atoms with Crippen LogP contribution in [0.1, 0.15) is 52.4 Å². The number of fused-ring (bicyclic) bond motifs is 1. The third-order valence-electron chi connectivity index (χ3n) is 4.14. The third-order valence-corrected chi connectivity index (χ3v) is 4.14. The molecule has 2 aliphatic rings. The smallest absolute Gasteiger partial charge is 0.0383 e. The molecule has 3 unspecified atom stereocenters. The van der Waals surface area contributed by atoms with E-state index in [9.17, 15) is 0 Å². The van der Waals surface area contributed by atoms with Gasteiger partial charge >= 0.3 is 0 Å². The first-order valence-corrected chi connectivity index (χ1v) is 5.75. The summed E-state index contributed by atoms with van der Waals surface area (Å²) in [5.74, 6) is 4.29. The van der Waals surface area contributed by atoms with Crippen molar-refractivity contribution >= 4 is 0 Å². The van der Waals surface area contributed by atoms with Crippen LogP contribution < -0.4 is 0 Å². The standard InChI is InChI=1S/C12H22/c1-9-3-5-12-8-10(2)4-6-11(12)7-9/h9-12H,3-8H2,1-2H3/t9?,10?,11-,12?/m0/s1. The van der Waals surface area contributed by atoms with Gasteiger partial charge in [-0.15, -0.1) is 0 Å². The molecule has 2 aliphatic carbocycles. The van der Waals surface area contributed by atoms with E-state index in [0.29, 0.717) is 0 Å². The first kappa shape index (κ1) is 8.59. The average Bonchev–Trinajstić information content (AvgIpc) is 2.05. The predicted octanol–water partition coefficient (Wildman–Crippen LogP) is 3.86. The minimum Gasteiger partial charge on any atom is -0.0625 e. The van der Waals surface area contributed by atoms with Crippen LogP contribution in [0.3, 0.4) is 0 Å². The summed E-state index contributed by atoms with van der Waals surface area (Å²) in [4.78, 5) is 0. The van der Waals surface area contributed by atoms with Gasteiger partial charge in [0.05, 0.1) is 0 Å². The Bertz CT molecular complexity index is 132. The summed E-state index contributed by atoms with van der Waals surface area (Å²) in [5, 5.41) is 0. The maximum Gasteiger partial charge on any atom is -0.0383 e. The Morgan fingerprint density at radius 1 is 0.667 bits per heavy atom. The minimum atomic E-state index is 1.03. The van der Waals surface area contributed by atoms with E-state index in [1.165, 1.54) is 38.5 Å². The van der Waals surface area contributed by atoms with Crippen LogP contribution in [0.15, 0.2) is 0 Å². The minimum absolute atomic E-state index is 1.03. The third kappa shape index (κ3) is 1.67. The average molecular weight is 166 g/mol. The van der Waals surface area contributed by atoms with Gasteiger partial charge in [0.15, 0.2) is 0 Å². The molecule has 0 spiro atoms. The highest BCUT2D eigenvalue weighted by Gasteiger charge is 2.32. The molecule has 12 heavy (non-hydrogen) atoms. The Kier molecular flexibility index (Phi) is 2.43. The summed E-state index contributed by atoms with van der Waals surface area (Å²) >= 11 is 0. The van der Waals surface area contributed by atoms with Gasteiger partial charge in [-0.1, -0.05) is 26.7 Å². The highest BCUT2D eigenvalue weighted by molar-refractivity contribution is 4.83. The molecular weight excluding hydrogens is 144 g/mol. The topological polar surface area (TPSA) is 0 Å². The van der Waals surface area contributed by atoms with Crippen molar-refractivity contribution < 1.29 is 0 Å². The van der Waals surface area contributed by atoms with Crippen LogP contribution in [-0.4, -0.2) is 0 Å². The van der Waals surface area contributed by atoms with Crippen LogP contribution in [0.4, 0.5) is 0 Å². The predicted molar refractivity (Wildman–Crippen MR) is 53.0 cm³/mol. The molecule has 0 amide bonds. The largest absolute Gasteiger partial charge is 0.0625 e. The van der Waals surface area contributed by atoms with Crippen LogP contribution in [0.5, 0.6) is 0 Å². The molecule has 2 saturated carbocycles. The highest BCUT2D eigenvalue weighted by Crippen LogP contribution is 2.44. The molecule has 0 saturated heterocycles. The van der Waals surface area contributed by atoms with Gasteiger partial charge < -0.3 is 0 Å². The molecule has 0 N–H and O–H groups in total. The van der Waals surface area contributed by atoms with Gasteiger partial charge in [-0.05, 0) is 49.4 Å². The summed E-state index contributed by atoms with van der Waals surface area (Å²) in [6.07, 6.45) is 9.17.